The second kappa shape index (κ2) is 6.30. The van der Waals surface area contributed by atoms with Gasteiger partial charge in [0, 0.05) is 19.5 Å². The number of aliphatic hydroxyl groups is 1. The van der Waals surface area contributed by atoms with Gasteiger partial charge in [0.25, 0.3) is 0 Å². The number of amides is 1. The van der Waals surface area contributed by atoms with Crippen LogP contribution >= 0.6 is 0 Å². The lowest BCUT2D eigenvalue weighted by molar-refractivity contribution is -0.139. The third-order valence-electron chi connectivity index (χ3n) is 3.41. The van der Waals surface area contributed by atoms with Gasteiger partial charge in [-0.2, -0.15) is 0 Å². The van der Waals surface area contributed by atoms with E-state index < -0.39 is 11.5 Å². The van der Waals surface area contributed by atoms with Crippen molar-refractivity contribution in [1.29, 1.82) is 0 Å². The van der Waals surface area contributed by atoms with E-state index in [4.69, 9.17) is 10.5 Å². The SMILES string of the molecule is NC(=O)CN1CCO[C@@](CO)(Cc2cccc(F)c2)C1. The van der Waals surface area contributed by atoms with Crippen LogP contribution in [-0.2, 0) is 16.0 Å². The van der Waals surface area contributed by atoms with Crippen molar-refractivity contribution in [2.45, 2.75) is 12.0 Å². The van der Waals surface area contributed by atoms with Crippen molar-refractivity contribution in [2.75, 3.05) is 32.8 Å². The Bertz CT molecular complexity index is 483. The van der Waals surface area contributed by atoms with Crippen molar-refractivity contribution in [1.82, 2.24) is 4.90 Å². The summed E-state index contributed by atoms with van der Waals surface area (Å²) in [6.07, 6.45) is 0.385. The summed E-state index contributed by atoms with van der Waals surface area (Å²) in [5, 5.41) is 9.66. The molecule has 20 heavy (non-hydrogen) atoms. The molecule has 0 aromatic heterocycles. The van der Waals surface area contributed by atoms with Gasteiger partial charge in [-0.05, 0) is 17.7 Å². The molecule has 0 bridgehead atoms. The Hall–Kier alpha value is -1.50. The summed E-state index contributed by atoms with van der Waals surface area (Å²) in [5.74, 6) is -0.732. The molecule has 0 unspecified atom stereocenters. The fraction of sp³-hybridized carbons (Fsp3) is 0.500. The van der Waals surface area contributed by atoms with Gasteiger partial charge in [0.1, 0.15) is 11.4 Å². The van der Waals surface area contributed by atoms with E-state index in [0.717, 1.165) is 5.56 Å². The summed E-state index contributed by atoms with van der Waals surface area (Å²) >= 11 is 0. The molecule has 1 aromatic rings. The normalized spacial score (nSPS) is 23.7. The number of hydrogen-bond donors (Lipinski definition) is 2. The quantitative estimate of drug-likeness (QED) is 0.792. The maximum absolute atomic E-state index is 13.2. The molecule has 1 atom stereocenters. The molecule has 1 fully saturated rings. The van der Waals surface area contributed by atoms with Crippen molar-refractivity contribution in [3.05, 3.63) is 35.6 Å². The average molecular weight is 282 g/mol. The highest BCUT2D eigenvalue weighted by molar-refractivity contribution is 5.75. The molecule has 3 N–H and O–H groups in total. The van der Waals surface area contributed by atoms with Crippen LogP contribution in [0.5, 0.6) is 0 Å². The van der Waals surface area contributed by atoms with Crippen molar-refractivity contribution >= 4 is 5.91 Å². The van der Waals surface area contributed by atoms with Crippen molar-refractivity contribution < 1.29 is 19.0 Å². The van der Waals surface area contributed by atoms with E-state index in [0.29, 0.717) is 26.1 Å². The summed E-state index contributed by atoms with van der Waals surface area (Å²) in [6, 6.07) is 6.21. The fourth-order valence-electron chi connectivity index (χ4n) is 2.56. The molecule has 5 nitrogen and oxygen atoms in total. The number of nitrogens with two attached hydrogens (primary N) is 1. The van der Waals surface area contributed by atoms with Crippen LogP contribution in [0.15, 0.2) is 24.3 Å². The first-order valence-corrected chi connectivity index (χ1v) is 6.53. The standard InChI is InChI=1S/C14H19FN2O3/c15-12-3-1-2-11(6-12)7-14(10-18)9-17(4-5-20-14)8-13(16)19/h1-3,6,18H,4-5,7-10H2,(H2,16,19)/t14-/m0/s1. The van der Waals surface area contributed by atoms with Crippen LogP contribution in [0, 0.1) is 5.82 Å². The zero-order valence-corrected chi connectivity index (χ0v) is 11.2. The predicted octanol–water partition coefficient (Wildman–Crippen LogP) is -0.0832. The highest BCUT2D eigenvalue weighted by Gasteiger charge is 2.36. The zero-order chi connectivity index (χ0) is 14.6. The molecule has 1 heterocycles. The molecule has 1 aliphatic heterocycles. The van der Waals surface area contributed by atoms with Gasteiger partial charge in [-0.15, -0.1) is 0 Å². The van der Waals surface area contributed by atoms with E-state index in [9.17, 15) is 14.3 Å². The topological polar surface area (TPSA) is 75.8 Å². The third-order valence-corrected chi connectivity index (χ3v) is 3.41. The Morgan fingerprint density at radius 1 is 1.55 bits per heavy atom. The Morgan fingerprint density at radius 3 is 3.00 bits per heavy atom. The number of ether oxygens (including phenoxy) is 1. The van der Waals surface area contributed by atoms with E-state index in [2.05, 4.69) is 0 Å². The third kappa shape index (κ3) is 3.75. The van der Waals surface area contributed by atoms with Gasteiger partial charge in [-0.1, -0.05) is 12.1 Å². The first-order valence-electron chi connectivity index (χ1n) is 6.53. The summed E-state index contributed by atoms with van der Waals surface area (Å²) in [6.45, 7) is 1.33. The second-order valence-corrected chi connectivity index (χ2v) is 5.17. The van der Waals surface area contributed by atoms with Gasteiger partial charge in [0.05, 0.1) is 19.8 Å². The van der Waals surface area contributed by atoms with Crippen molar-refractivity contribution in [3.63, 3.8) is 0 Å². The molecule has 0 aliphatic carbocycles. The fourth-order valence-corrected chi connectivity index (χ4v) is 2.56. The van der Waals surface area contributed by atoms with Gasteiger partial charge in [0.2, 0.25) is 5.91 Å². The number of halogens is 1. The lowest BCUT2D eigenvalue weighted by Crippen LogP contribution is -2.56. The van der Waals surface area contributed by atoms with Crippen LogP contribution < -0.4 is 5.73 Å². The summed E-state index contributed by atoms with van der Waals surface area (Å²) in [7, 11) is 0. The summed E-state index contributed by atoms with van der Waals surface area (Å²) in [4.78, 5) is 12.8. The first kappa shape index (κ1) is 14.9. The second-order valence-electron chi connectivity index (χ2n) is 5.17. The van der Waals surface area contributed by atoms with Crippen LogP contribution in [0.1, 0.15) is 5.56 Å². The zero-order valence-electron chi connectivity index (χ0n) is 11.2. The van der Waals surface area contributed by atoms with Gasteiger partial charge in [-0.3, -0.25) is 9.69 Å². The number of primary amides is 1. The number of carbonyl (C=O) groups is 1. The minimum absolute atomic E-state index is 0.133. The average Bonchev–Trinajstić information content (AvgIpc) is 2.38. The van der Waals surface area contributed by atoms with Crippen LogP contribution in [0.4, 0.5) is 4.39 Å². The first-order chi connectivity index (χ1) is 9.53. The minimum atomic E-state index is -0.818. The minimum Gasteiger partial charge on any atom is -0.393 e. The monoisotopic (exact) mass is 282 g/mol. The molecule has 0 saturated carbocycles. The van der Waals surface area contributed by atoms with Gasteiger partial charge in [-0.25, -0.2) is 4.39 Å². The molecular weight excluding hydrogens is 263 g/mol. The molecule has 6 heteroatoms. The largest absolute Gasteiger partial charge is 0.393 e. The Morgan fingerprint density at radius 2 is 2.35 bits per heavy atom. The molecule has 0 radical (unpaired) electrons. The molecule has 1 amide bonds. The number of rotatable bonds is 5. The van der Waals surface area contributed by atoms with Crippen LogP contribution in [0.2, 0.25) is 0 Å². The molecule has 1 aliphatic rings. The van der Waals surface area contributed by atoms with E-state index in [-0.39, 0.29) is 19.0 Å². The van der Waals surface area contributed by atoms with E-state index in [1.54, 1.807) is 12.1 Å². The molecule has 2 rings (SSSR count). The number of morpholine rings is 1. The maximum Gasteiger partial charge on any atom is 0.231 e. The van der Waals surface area contributed by atoms with Crippen molar-refractivity contribution in [2.24, 2.45) is 5.73 Å². The lowest BCUT2D eigenvalue weighted by atomic mass is 9.93. The highest BCUT2D eigenvalue weighted by Crippen LogP contribution is 2.23. The Labute approximate surface area is 117 Å². The van der Waals surface area contributed by atoms with Crippen molar-refractivity contribution in [3.8, 4) is 0 Å². The van der Waals surface area contributed by atoms with Crippen LogP contribution in [-0.4, -0.2) is 54.4 Å². The summed E-state index contributed by atoms with van der Waals surface area (Å²) < 4.78 is 18.9. The smallest absolute Gasteiger partial charge is 0.231 e. The number of carbonyl (C=O) groups excluding carboxylic acids is 1. The maximum atomic E-state index is 13.2. The Balaban J connectivity index is 2.10. The Kier molecular flexibility index (Phi) is 4.69. The van der Waals surface area contributed by atoms with Crippen LogP contribution in [0.3, 0.4) is 0 Å². The molecule has 0 spiro atoms. The lowest BCUT2D eigenvalue weighted by Gasteiger charge is -2.41. The van der Waals surface area contributed by atoms with Crippen LogP contribution in [0.25, 0.3) is 0 Å². The van der Waals surface area contributed by atoms with E-state index in [1.165, 1.54) is 12.1 Å². The number of hydrogen-bond acceptors (Lipinski definition) is 4. The van der Waals surface area contributed by atoms with Gasteiger partial charge >= 0.3 is 0 Å². The van der Waals surface area contributed by atoms with Gasteiger partial charge in [0.15, 0.2) is 0 Å². The molecule has 1 aromatic carbocycles. The number of benzene rings is 1. The molecular formula is C14H19FN2O3. The number of aliphatic hydroxyl groups excluding tert-OH is 1. The molecule has 1 saturated heterocycles. The summed E-state index contributed by atoms with van der Waals surface area (Å²) in [5.41, 5.74) is 5.12. The van der Waals surface area contributed by atoms with E-state index in [1.807, 2.05) is 4.90 Å². The van der Waals surface area contributed by atoms with E-state index >= 15 is 0 Å². The molecule has 110 valence electrons. The predicted molar refractivity (Wildman–Crippen MR) is 71.5 cm³/mol. The number of nitrogens with zero attached hydrogens (tertiary/aromatic N) is 1. The highest BCUT2D eigenvalue weighted by atomic mass is 19.1. The van der Waals surface area contributed by atoms with Gasteiger partial charge < -0.3 is 15.6 Å².